The summed E-state index contributed by atoms with van der Waals surface area (Å²) in [5, 5.41) is 21.8. The molecule has 0 amide bonds. The zero-order valence-electron chi connectivity index (χ0n) is 7.73. The van der Waals surface area contributed by atoms with Gasteiger partial charge >= 0.3 is 0 Å². The fraction of sp³-hybridized carbons (Fsp3) is 0.375. The summed E-state index contributed by atoms with van der Waals surface area (Å²) in [7, 11) is 0. The fourth-order valence-electron chi connectivity index (χ4n) is 1.02. The maximum atomic E-state index is 10.5. The van der Waals surface area contributed by atoms with Gasteiger partial charge in [-0.05, 0) is 13.0 Å². The molecule has 0 saturated heterocycles. The van der Waals surface area contributed by atoms with Crippen molar-refractivity contribution < 1.29 is 10.0 Å². The van der Waals surface area contributed by atoms with Crippen LogP contribution in [0.5, 0.6) is 0 Å². The minimum absolute atomic E-state index is 0.000418. The van der Waals surface area contributed by atoms with Crippen LogP contribution in [0.25, 0.3) is 0 Å². The van der Waals surface area contributed by atoms with E-state index in [9.17, 15) is 10.1 Å². The van der Waals surface area contributed by atoms with Gasteiger partial charge in [0.25, 0.3) is 5.69 Å². The van der Waals surface area contributed by atoms with E-state index in [1.54, 1.807) is 13.0 Å². The van der Waals surface area contributed by atoms with E-state index in [0.717, 1.165) is 0 Å². The number of nitro groups is 1. The Morgan fingerprint density at radius 2 is 2.43 bits per heavy atom. The summed E-state index contributed by atoms with van der Waals surface area (Å²) in [4.78, 5) is 13.8. The van der Waals surface area contributed by atoms with Crippen LogP contribution in [-0.2, 0) is 0 Å². The summed E-state index contributed by atoms with van der Waals surface area (Å²) in [5.41, 5.74) is 0.546. The Morgan fingerprint density at radius 3 is 2.93 bits per heavy atom. The summed E-state index contributed by atoms with van der Waals surface area (Å²) in [6.45, 7) is 2.02. The van der Waals surface area contributed by atoms with Gasteiger partial charge in [-0.1, -0.05) is 0 Å². The first-order chi connectivity index (χ1) is 6.65. The van der Waals surface area contributed by atoms with Gasteiger partial charge < -0.3 is 10.4 Å². The van der Waals surface area contributed by atoms with E-state index in [-0.39, 0.29) is 12.3 Å². The first-order valence-corrected chi connectivity index (χ1v) is 4.11. The van der Waals surface area contributed by atoms with Crippen molar-refractivity contribution in [2.24, 2.45) is 0 Å². The largest absolute Gasteiger partial charge is 0.395 e. The van der Waals surface area contributed by atoms with Crippen molar-refractivity contribution in [2.45, 2.75) is 6.92 Å². The molecule has 0 atom stereocenters. The lowest BCUT2D eigenvalue weighted by Crippen LogP contribution is -2.07. The van der Waals surface area contributed by atoms with Gasteiger partial charge in [0.15, 0.2) is 0 Å². The van der Waals surface area contributed by atoms with Gasteiger partial charge in [-0.3, -0.25) is 10.1 Å². The average Bonchev–Trinajstić information content (AvgIpc) is 2.14. The minimum atomic E-state index is -0.474. The number of pyridine rings is 1. The van der Waals surface area contributed by atoms with E-state index < -0.39 is 4.92 Å². The minimum Gasteiger partial charge on any atom is -0.395 e. The van der Waals surface area contributed by atoms with Crippen molar-refractivity contribution >= 4 is 11.5 Å². The van der Waals surface area contributed by atoms with Crippen molar-refractivity contribution in [3.63, 3.8) is 0 Å². The van der Waals surface area contributed by atoms with E-state index in [0.29, 0.717) is 17.9 Å². The van der Waals surface area contributed by atoms with Gasteiger partial charge in [0.1, 0.15) is 12.0 Å². The van der Waals surface area contributed by atoms with Crippen molar-refractivity contribution in [1.29, 1.82) is 0 Å². The molecule has 0 fully saturated rings. The number of nitrogens with one attached hydrogen (secondary N) is 1. The second kappa shape index (κ2) is 4.52. The molecule has 6 heteroatoms. The molecular formula is C8H11N3O3. The van der Waals surface area contributed by atoms with Gasteiger partial charge in [0.05, 0.1) is 11.5 Å². The topological polar surface area (TPSA) is 88.3 Å². The molecule has 0 bridgehead atoms. The molecule has 2 N–H and O–H groups in total. The number of aliphatic hydroxyl groups excluding tert-OH is 1. The van der Waals surface area contributed by atoms with Crippen LogP contribution >= 0.6 is 0 Å². The van der Waals surface area contributed by atoms with Gasteiger partial charge in [0, 0.05) is 12.1 Å². The standard InChI is InChI=1S/C8H11N3O3/c1-6-4-8(9-2-3-12)10-5-7(6)11(13)14/h4-5,12H,2-3H2,1H3,(H,9,10). The number of aromatic nitrogens is 1. The summed E-state index contributed by atoms with van der Waals surface area (Å²) in [5.74, 6) is 0.530. The molecule has 6 nitrogen and oxygen atoms in total. The molecule has 0 radical (unpaired) electrons. The number of hydrogen-bond donors (Lipinski definition) is 2. The van der Waals surface area contributed by atoms with Crippen LogP contribution in [0.1, 0.15) is 5.56 Å². The average molecular weight is 197 g/mol. The zero-order valence-corrected chi connectivity index (χ0v) is 7.73. The van der Waals surface area contributed by atoms with E-state index in [1.165, 1.54) is 6.20 Å². The molecule has 0 saturated carbocycles. The Kier molecular flexibility index (Phi) is 3.35. The van der Waals surface area contributed by atoms with Crippen LogP contribution in [0.3, 0.4) is 0 Å². The highest BCUT2D eigenvalue weighted by Gasteiger charge is 2.10. The Bertz CT molecular complexity index is 341. The van der Waals surface area contributed by atoms with Crippen LogP contribution in [0.2, 0.25) is 0 Å². The van der Waals surface area contributed by atoms with Gasteiger partial charge in [-0.2, -0.15) is 0 Å². The van der Waals surface area contributed by atoms with E-state index in [1.807, 2.05) is 0 Å². The first kappa shape index (κ1) is 10.4. The molecule has 1 heterocycles. The number of nitrogens with zero attached hydrogens (tertiary/aromatic N) is 2. The molecule has 1 aromatic rings. The van der Waals surface area contributed by atoms with Crippen molar-refractivity contribution in [3.8, 4) is 0 Å². The lowest BCUT2D eigenvalue weighted by atomic mass is 10.2. The summed E-state index contributed by atoms with van der Waals surface area (Å²) >= 11 is 0. The molecule has 14 heavy (non-hydrogen) atoms. The normalized spacial score (nSPS) is 9.86. The number of aliphatic hydroxyl groups is 1. The van der Waals surface area contributed by atoms with E-state index in [2.05, 4.69) is 10.3 Å². The molecule has 1 aromatic heterocycles. The predicted molar refractivity (Wildman–Crippen MR) is 51.2 cm³/mol. The second-order valence-corrected chi connectivity index (χ2v) is 2.76. The third-order valence-electron chi connectivity index (χ3n) is 1.70. The SMILES string of the molecule is Cc1cc(NCCO)ncc1[N+](=O)[O-]. The van der Waals surface area contributed by atoms with E-state index >= 15 is 0 Å². The molecule has 0 spiro atoms. The number of anilines is 1. The molecule has 0 aromatic carbocycles. The molecule has 0 aliphatic carbocycles. The van der Waals surface area contributed by atoms with Crippen LogP contribution in [-0.4, -0.2) is 28.2 Å². The highest BCUT2D eigenvalue weighted by Crippen LogP contribution is 2.18. The van der Waals surface area contributed by atoms with Crippen LogP contribution in [0, 0.1) is 17.0 Å². The highest BCUT2D eigenvalue weighted by molar-refractivity contribution is 5.46. The maximum Gasteiger partial charge on any atom is 0.290 e. The summed E-state index contributed by atoms with van der Waals surface area (Å²) in [6.07, 6.45) is 1.20. The maximum absolute atomic E-state index is 10.5. The van der Waals surface area contributed by atoms with Crippen molar-refractivity contribution in [3.05, 3.63) is 27.9 Å². The second-order valence-electron chi connectivity index (χ2n) is 2.76. The van der Waals surface area contributed by atoms with Crippen LogP contribution in [0.4, 0.5) is 11.5 Å². The monoisotopic (exact) mass is 197 g/mol. The lowest BCUT2D eigenvalue weighted by Gasteiger charge is -2.03. The highest BCUT2D eigenvalue weighted by atomic mass is 16.6. The number of hydrogen-bond acceptors (Lipinski definition) is 5. The van der Waals surface area contributed by atoms with Gasteiger partial charge in [-0.15, -0.1) is 0 Å². The Balaban J connectivity index is 2.83. The Morgan fingerprint density at radius 1 is 1.71 bits per heavy atom. The fourth-order valence-corrected chi connectivity index (χ4v) is 1.02. The van der Waals surface area contributed by atoms with Gasteiger partial charge in [0.2, 0.25) is 0 Å². The molecule has 0 aliphatic rings. The quantitative estimate of drug-likeness (QED) is 0.548. The van der Waals surface area contributed by atoms with Crippen molar-refractivity contribution in [1.82, 2.24) is 4.98 Å². The van der Waals surface area contributed by atoms with Crippen LogP contribution < -0.4 is 5.32 Å². The molecule has 76 valence electrons. The molecule has 1 rings (SSSR count). The predicted octanol–water partition coefficient (Wildman–Crippen LogP) is 0.702. The molecular weight excluding hydrogens is 186 g/mol. The number of aryl methyl sites for hydroxylation is 1. The van der Waals surface area contributed by atoms with Crippen molar-refractivity contribution in [2.75, 3.05) is 18.5 Å². The lowest BCUT2D eigenvalue weighted by molar-refractivity contribution is -0.385. The third-order valence-corrected chi connectivity index (χ3v) is 1.70. The summed E-state index contributed by atoms with van der Waals surface area (Å²) in [6, 6.07) is 1.58. The zero-order chi connectivity index (χ0) is 10.6. The van der Waals surface area contributed by atoms with E-state index in [4.69, 9.17) is 5.11 Å². The number of rotatable bonds is 4. The molecule has 0 unspecified atom stereocenters. The Hall–Kier alpha value is -1.69. The Labute approximate surface area is 80.7 Å². The van der Waals surface area contributed by atoms with Gasteiger partial charge in [-0.25, -0.2) is 4.98 Å². The smallest absolute Gasteiger partial charge is 0.290 e. The summed E-state index contributed by atoms with van der Waals surface area (Å²) < 4.78 is 0. The third kappa shape index (κ3) is 2.40. The van der Waals surface area contributed by atoms with Crippen LogP contribution in [0.15, 0.2) is 12.3 Å². The first-order valence-electron chi connectivity index (χ1n) is 4.11. The molecule has 0 aliphatic heterocycles.